The van der Waals surface area contributed by atoms with E-state index in [0.29, 0.717) is 22.4 Å². The molecule has 2 heterocycles. The van der Waals surface area contributed by atoms with Gasteiger partial charge < -0.3 is 24.3 Å². The van der Waals surface area contributed by atoms with Gasteiger partial charge in [0.2, 0.25) is 0 Å². The number of carbonyl (C=O) groups is 1. The molecule has 190 valence electrons. The molecule has 0 aliphatic heterocycles. The van der Waals surface area contributed by atoms with E-state index in [1.807, 2.05) is 6.92 Å². The van der Waals surface area contributed by atoms with Crippen LogP contribution in [-0.2, 0) is 0 Å². The quantitative estimate of drug-likeness (QED) is 0.317. The summed E-state index contributed by atoms with van der Waals surface area (Å²) < 4.78 is 52.4. The van der Waals surface area contributed by atoms with Crippen molar-refractivity contribution in [1.29, 1.82) is 0 Å². The molecule has 2 aromatic carbocycles. The second-order valence-electron chi connectivity index (χ2n) is 8.78. The first kappa shape index (κ1) is 24.2. The first-order valence-electron chi connectivity index (χ1n) is 11.4. The fourth-order valence-electron chi connectivity index (χ4n) is 3.77. The highest BCUT2D eigenvalue weighted by Gasteiger charge is 2.40. The predicted octanol–water partition coefficient (Wildman–Crippen LogP) is 5.90. The minimum atomic E-state index is -1.01. The number of hydrogen-bond donors (Lipinski definition) is 1. The summed E-state index contributed by atoms with van der Waals surface area (Å²) in [6, 6.07) is 8.30. The van der Waals surface area contributed by atoms with Crippen LogP contribution in [0.4, 0.5) is 14.5 Å². The van der Waals surface area contributed by atoms with Crippen LogP contribution in [0.5, 0.6) is 28.7 Å². The average Bonchev–Trinajstić information content (AvgIpc) is 3.62. The van der Waals surface area contributed by atoms with E-state index in [-0.39, 0.29) is 28.4 Å². The van der Waals surface area contributed by atoms with E-state index in [1.165, 1.54) is 44.9 Å². The van der Waals surface area contributed by atoms with Crippen LogP contribution >= 0.6 is 0 Å². The zero-order valence-electron chi connectivity index (χ0n) is 20.3. The van der Waals surface area contributed by atoms with E-state index in [0.717, 1.165) is 25.0 Å². The Morgan fingerprint density at radius 3 is 2.32 bits per heavy atom. The summed E-state index contributed by atoms with van der Waals surface area (Å²) in [6.07, 6.45) is 6.05. The van der Waals surface area contributed by atoms with Crippen LogP contribution in [0.1, 0.15) is 30.1 Å². The fraction of sp³-hybridized carbons (Fsp3) is 0.222. The first-order valence-corrected chi connectivity index (χ1v) is 11.4. The molecule has 1 aliphatic rings. The van der Waals surface area contributed by atoms with Gasteiger partial charge in [-0.15, -0.1) is 0 Å². The molecule has 5 rings (SSSR count). The number of benzene rings is 2. The minimum Gasteiger partial charge on any atom is -0.496 e. The third kappa shape index (κ3) is 4.95. The van der Waals surface area contributed by atoms with Crippen molar-refractivity contribution in [3.8, 4) is 28.7 Å². The van der Waals surface area contributed by atoms with Gasteiger partial charge in [0.05, 0.1) is 25.3 Å². The van der Waals surface area contributed by atoms with Crippen LogP contribution in [0.2, 0.25) is 0 Å². The summed E-state index contributed by atoms with van der Waals surface area (Å²) in [7, 11) is 2.93. The van der Waals surface area contributed by atoms with Gasteiger partial charge in [-0.1, -0.05) is 0 Å². The van der Waals surface area contributed by atoms with Crippen molar-refractivity contribution in [2.45, 2.75) is 25.4 Å². The molecule has 8 nitrogen and oxygen atoms in total. The summed E-state index contributed by atoms with van der Waals surface area (Å²) in [4.78, 5) is 20.8. The lowest BCUT2D eigenvalue weighted by Gasteiger charge is -2.17. The van der Waals surface area contributed by atoms with E-state index in [4.69, 9.17) is 18.9 Å². The van der Waals surface area contributed by atoms with Crippen molar-refractivity contribution in [2.24, 2.45) is 0 Å². The van der Waals surface area contributed by atoms with Gasteiger partial charge in [0.1, 0.15) is 17.1 Å². The Morgan fingerprint density at radius 1 is 0.946 bits per heavy atom. The smallest absolute Gasteiger partial charge is 0.261 e. The molecule has 0 spiro atoms. The molecule has 0 saturated heterocycles. The van der Waals surface area contributed by atoms with Crippen molar-refractivity contribution in [1.82, 2.24) is 9.97 Å². The maximum atomic E-state index is 15.0. The number of nitrogens with one attached hydrogen (secondary N) is 1. The predicted molar refractivity (Wildman–Crippen MR) is 132 cm³/mol. The van der Waals surface area contributed by atoms with E-state index in [9.17, 15) is 4.79 Å². The maximum absolute atomic E-state index is 15.0. The molecule has 0 bridgehead atoms. The molecular formula is C27H23F2N3O5. The van der Waals surface area contributed by atoms with E-state index in [1.54, 1.807) is 12.1 Å². The number of pyridine rings is 2. The highest BCUT2D eigenvalue weighted by atomic mass is 19.1. The molecule has 1 amide bonds. The Kier molecular flexibility index (Phi) is 6.24. The van der Waals surface area contributed by atoms with Gasteiger partial charge in [0.25, 0.3) is 5.91 Å². The SMILES string of the molecule is COc1cc2nccc(Oc3c(F)cc(NC(=O)c4cnccc4OC)cc3F)c2cc1OC1(C)CC1. The molecule has 37 heavy (non-hydrogen) atoms. The molecule has 1 saturated carbocycles. The van der Waals surface area contributed by atoms with Crippen molar-refractivity contribution < 1.29 is 32.5 Å². The van der Waals surface area contributed by atoms with Gasteiger partial charge >= 0.3 is 0 Å². The third-order valence-corrected chi connectivity index (χ3v) is 6.01. The van der Waals surface area contributed by atoms with Gasteiger partial charge in [-0.3, -0.25) is 14.8 Å². The number of hydrogen-bond acceptors (Lipinski definition) is 7. The normalized spacial score (nSPS) is 13.6. The van der Waals surface area contributed by atoms with Crippen LogP contribution in [0.25, 0.3) is 10.9 Å². The molecule has 0 atom stereocenters. The molecule has 0 radical (unpaired) electrons. The number of halogens is 2. The van der Waals surface area contributed by atoms with Crippen LogP contribution in [-0.4, -0.2) is 35.7 Å². The fourth-order valence-corrected chi connectivity index (χ4v) is 3.77. The summed E-state index contributed by atoms with van der Waals surface area (Å²) in [5.41, 5.74) is 0.235. The molecule has 2 aromatic heterocycles. The number of carbonyl (C=O) groups excluding carboxylic acids is 1. The zero-order valence-corrected chi connectivity index (χ0v) is 20.3. The van der Waals surface area contributed by atoms with Gasteiger partial charge in [-0.25, -0.2) is 8.78 Å². The molecule has 1 N–H and O–H groups in total. The largest absolute Gasteiger partial charge is 0.496 e. The molecule has 1 aliphatic carbocycles. The summed E-state index contributed by atoms with van der Waals surface area (Å²) in [5.74, 6) is -1.85. The zero-order chi connectivity index (χ0) is 26.2. The standard InChI is InChI=1S/C27H23F2N3O5/c1-27(6-7-27)37-24-12-16-20(13-23(24)35-3)31-9-5-22(16)36-25-18(28)10-15(11-19(25)29)32-26(33)17-14-30-8-4-21(17)34-2/h4-5,8-14H,6-7H2,1-3H3,(H,32,33). The maximum Gasteiger partial charge on any atom is 0.261 e. The lowest BCUT2D eigenvalue weighted by molar-refractivity contribution is 0.102. The van der Waals surface area contributed by atoms with E-state index in [2.05, 4.69) is 15.3 Å². The second-order valence-corrected chi connectivity index (χ2v) is 8.78. The number of anilines is 1. The second kappa shape index (κ2) is 9.53. The Balaban J connectivity index is 1.44. The van der Waals surface area contributed by atoms with Gasteiger partial charge in [-0.05, 0) is 38.0 Å². The van der Waals surface area contributed by atoms with E-state index < -0.39 is 23.3 Å². The number of ether oxygens (including phenoxy) is 4. The number of methoxy groups -OCH3 is 2. The average molecular weight is 507 g/mol. The van der Waals surface area contributed by atoms with Crippen LogP contribution in [0.3, 0.4) is 0 Å². The Morgan fingerprint density at radius 2 is 1.65 bits per heavy atom. The minimum absolute atomic E-state index is 0.101. The van der Waals surface area contributed by atoms with Crippen molar-refractivity contribution in [3.63, 3.8) is 0 Å². The van der Waals surface area contributed by atoms with Gasteiger partial charge in [-0.2, -0.15) is 0 Å². The first-order chi connectivity index (χ1) is 17.8. The Labute approximate surface area is 211 Å². The molecule has 4 aromatic rings. The topological polar surface area (TPSA) is 91.8 Å². The van der Waals surface area contributed by atoms with Crippen molar-refractivity contribution in [2.75, 3.05) is 19.5 Å². The number of aromatic nitrogens is 2. The summed E-state index contributed by atoms with van der Waals surface area (Å²) >= 11 is 0. The highest BCUT2D eigenvalue weighted by molar-refractivity contribution is 6.06. The lowest BCUT2D eigenvalue weighted by atomic mass is 10.1. The number of nitrogens with zero attached hydrogens (tertiary/aromatic N) is 2. The highest BCUT2D eigenvalue weighted by Crippen LogP contribution is 2.45. The monoisotopic (exact) mass is 507 g/mol. The molecule has 1 fully saturated rings. The summed E-state index contributed by atoms with van der Waals surface area (Å²) in [6.45, 7) is 1.99. The van der Waals surface area contributed by atoms with Crippen molar-refractivity contribution in [3.05, 3.63) is 72.2 Å². The lowest BCUT2D eigenvalue weighted by Crippen LogP contribution is -2.14. The third-order valence-electron chi connectivity index (χ3n) is 6.01. The van der Waals surface area contributed by atoms with Crippen LogP contribution < -0.4 is 24.3 Å². The van der Waals surface area contributed by atoms with Gasteiger partial charge in [0, 0.05) is 47.9 Å². The molecule has 10 heteroatoms. The van der Waals surface area contributed by atoms with Crippen LogP contribution in [0.15, 0.2) is 55.0 Å². The molecule has 0 unspecified atom stereocenters. The number of rotatable bonds is 8. The number of fused-ring (bicyclic) bond motifs is 1. The Hall–Kier alpha value is -4.47. The molecular weight excluding hydrogens is 484 g/mol. The summed E-state index contributed by atoms with van der Waals surface area (Å²) in [5, 5.41) is 2.94. The van der Waals surface area contributed by atoms with Crippen LogP contribution in [0, 0.1) is 11.6 Å². The number of amides is 1. The van der Waals surface area contributed by atoms with Gasteiger partial charge in [0.15, 0.2) is 28.9 Å². The Bertz CT molecular complexity index is 1480. The van der Waals surface area contributed by atoms with E-state index >= 15 is 8.78 Å². The van der Waals surface area contributed by atoms with Crippen molar-refractivity contribution >= 4 is 22.5 Å².